The van der Waals surface area contributed by atoms with Crippen LogP contribution in [0.1, 0.15) is 30.8 Å². The van der Waals surface area contributed by atoms with Crippen LogP contribution in [-0.2, 0) is 25.9 Å². The average molecular weight is 340 g/mol. The minimum Gasteiger partial charge on any atom is -0.460 e. The fourth-order valence-corrected chi connectivity index (χ4v) is 3.33. The maximum atomic E-state index is 13.9. The standard InChI is InChI=1S/C19H21FN4O/c1-2-18-22-23-19-10-7-13(12-24(18)19)21-11-14-8-9-17(25-14)15-5-3-4-6-16(15)20/h3-6,8-9,13,21H,2,7,10-12H2,1H3. The number of benzene rings is 1. The third-order valence-corrected chi connectivity index (χ3v) is 4.71. The van der Waals surface area contributed by atoms with Gasteiger partial charge in [-0.2, -0.15) is 0 Å². The SMILES string of the molecule is CCc1nnc2n1CC(NCc1ccc(-c3ccccc3F)o1)CC2. The molecule has 5 nitrogen and oxygen atoms in total. The molecular weight excluding hydrogens is 319 g/mol. The first-order valence-electron chi connectivity index (χ1n) is 8.72. The lowest BCUT2D eigenvalue weighted by Gasteiger charge is -2.25. The number of aromatic nitrogens is 3. The van der Waals surface area contributed by atoms with Gasteiger partial charge in [0.25, 0.3) is 0 Å². The molecule has 2 aromatic heterocycles. The van der Waals surface area contributed by atoms with Crippen LogP contribution in [0.5, 0.6) is 0 Å². The number of rotatable bonds is 5. The fourth-order valence-electron chi connectivity index (χ4n) is 3.33. The molecule has 25 heavy (non-hydrogen) atoms. The monoisotopic (exact) mass is 340 g/mol. The lowest BCUT2D eigenvalue weighted by Crippen LogP contribution is -2.37. The molecule has 1 aliphatic heterocycles. The highest BCUT2D eigenvalue weighted by molar-refractivity contribution is 5.58. The Labute approximate surface area is 145 Å². The van der Waals surface area contributed by atoms with E-state index in [4.69, 9.17) is 4.42 Å². The van der Waals surface area contributed by atoms with Gasteiger partial charge in [0.2, 0.25) is 0 Å². The van der Waals surface area contributed by atoms with Crippen molar-refractivity contribution in [1.82, 2.24) is 20.1 Å². The molecule has 3 aromatic rings. The quantitative estimate of drug-likeness (QED) is 0.774. The van der Waals surface area contributed by atoms with Gasteiger partial charge in [0.05, 0.1) is 12.1 Å². The Bertz CT molecular complexity index is 856. The summed E-state index contributed by atoms with van der Waals surface area (Å²) in [6.07, 6.45) is 2.86. The van der Waals surface area contributed by atoms with Crippen molar-refractivity contribution in [2.24, 2.45) is 0 Å². The van der Waals surface area contributed by atoms with E-state index in [0.29, 0.717) is 23.9 Å². The summed E-state index contributed by atoms with van der Waals surface area (Å²) in [7, 11) is 0. The van der Waals surface area contributed by atoms with Gasteiger partial charge in [-0.05, 0) is 30.7 Å². The van der Waals surface area contributed by atoms with E-state index in [1.54, 1.807) is 12.1 Å². The van der Waals surface area contributed by atoms with Gasteiger partial charge in [0, 0.05) is 25.4 Å². The van der Waals surface area contributed by atoms with E-state index < -0.39 is 0 Å². The molecule has 130 valence electrons. The van der Waals surface area contributed by atoms with E-state index in [1.807, 2.05) is 18.2 Å². The molecular formula is C19H21FN4O. The second-order valence-electron chi connectivity index (χ2n) is 6.36. The van der Waals surface area contributed by atoms with E-state index >= 15 is 0 Å². The molecule has 0 bridgehead atoms. The van der Waals surface area contributed by atoms with E-state index in [0.717, 1.165) is 43.2 Å². The minimum absolute atomic E-state index is 0.268. The number of nitrogens with one attached hydrogen (secondary N) is 1. The number of furan rings is 1. The summed E-state index contributed by atoms with van der Waals surface area (Å²) in [5.41, 5.74) is 0.494. The van der Waals surface area contributed by atoms with Crippen molar-refractivity contribution < 1.29 is 8.81 Å². The number of nitrogens with zero attached hydrogens (tertiary/aromatic N) is 3. The van der Waals surface area contributed by atoms with E-state index in [1.165, 1.54) is 6.07 Å². The predicted octanol–water partition coefficient (Wildman–Crippen LogP) is 3.34. The third-order valence-electron chi connectivity index (χ3n) is 4.71. The van der Waals surface area contributed by atoms with Crippen molar-refractivity contribution in [1.29, 1.82) is 0 Å². The highest BCUT2D eigenvalue weighted by atomic mass is 19.1. The summed E-state index contributed by atoms with van der Waals surface area (Å²) in [5, 5.41) is 12.0. The number of fused-ring (bicyclic) bond motifs is 1. The molecule has 0 spiro atoms. The molecule has 4 rings (SSSR count). The molecule has 1 aliphatic rings. The summed E-state index contributed by atoms with van der Waals surface area (Å²) in [6, 6.07) is 10.7. The predicted molar refractivity (Wildman–Crippen MR) is 92.5 cm³/mol. The van der Waals surface area contributed by atoms with Crippen LogP contribution in [0.25, 0.3) is 11.3 Å². The van der Waals surface area contributed by atoms with Crippen LogP contribution < -0.4 is 5.32 Å². The van der Waals surface area contributed by atoms with Gasteiger partial charge in [-0.25, -0.2) is 4.39 Å². The van der Waals surface area contributed by atoms with E-state index in [-0.39, 0.29) is 5.82 Å². The van der Waals surface area contributed by atoms with Gasteiger partial charge in [-0.15, -0.1) is 10.2 Å². The first-order chi connectivity index (χ1) is 12.2. The molecule has 0 aliphatic carbocycles. The summed E-state index contributed by atoms with van der Waals surface area (Å²) < 4.78 is 21.9. The molecule has 0 fully saturated rings. The highest BCUT2D eigenvalue weighted by Crippen LogP contribution is 2.25. The lowest BCUT2D eigenvalue weighted by atomic mass is 10.1. The van der Waals surface area contributed by atoms with Crippen LogP contribution in [0.15, 0.2) is 40.8 Å². The second-order valence-corrected chi connectivity index (χ2v) is 6.36. The molecule has 0 saturated carbocycles. The van der Waals surface area contributed by atoms with Crippen molar-refractivity contribution in [2.45, 2.75) is 45.3 Å². The molecule has 1 atom stereocenters. The Balaban J connectivity index is 1.40. The summed E-state index contributed by atoms with van der Waals surface area (Å²) in [6.45, 7) is 3.60. The zero-order valence-corrected chi connectivity index (χ0v) is 14.2. The maximum Gasteiger partial charge on any atom is 0.137 e. The Hall–Kier alpha value is -2.47. The topological polar surface area (TPSA) is 55.9 Å². The molecule has 0 radical (unpaired) electrons. The smallest absolute Gasteiger partial charge is 0.137 e. The number of aryl methyl sites for hydroxylation is 2. The zero-order valence-electron chi connectivity index (χ0n) is 14.2. The molecule has 1 N–H and O–H groups in total. The molecule has 3 heterocycles. The third kappa shape index (κ3) is 3.22. The van der Waals surface area contributed by atoms with Gasteiger partial charge >= 0.3 is 0 Å². The number of hydrogen-bond donors (Lipinski definition) is 1. The number of hydrogen-bond acceptors (Lipinski definition) is 4. The Morgan fingerprint density at radius 1 is 1.24 bits per heavy atom. The normalized spacial score (nSPS) is 16.8. The Morgan fingerprint density at radius 3 is 2.96 bits per heavy atom. The van der Waals surface area contributed by atoms with Gasteiger partial charge in [-0.3, -0.25) is 0 Å². The van der Waals surface area contributed by atoms with Gasteiger partial charge in [0.15, 0.2) is 0 Å². The molecule has 0 saturated heterocycles. The van der Waals surface area contributed by atoms with Crippen molar-refractivity contribution >= 4 is 0 Å². The van der Waals surface area contributed by atoms with Crippen molar-refractivity contribution in [3.05, 3.63) is 59.6 Å². The maximum absolute atomic E-state index is 13.9. The van der Waals surface area contributed by atoms with Crippen LogP contribution in [0.4, 0.5) is 4.39 Å². The largest absolute Gasteiger partial charge is 0.460 e. The molecule has 1 unspecified atom stereocenters. The van der Waals surface area contributed by atoms with Gasteiger partial charge < -0.3 is 14.3 Å². The Kier molecular flexibility index (Phi) is 4.36. The molecule has 1 aromatic carbocycles. The number of halogens is 1. The summed E-state index contributed by atoms with van der Waals surface area (Å²) in [4.78, 5) is 0. The van der Waals surface area contributed by atoms with Crippen LogP contribution in [0, 0.1) is 5.82 Å². The highest BCUT2D eigenvalue weighted by Gasteiger charge is 2.22. The van der Waals surface area contributed by atoms with Crippen LogP contribution in [0.2, 0.25) is 0 Å². The second kappa shape index (κ2) is 6.80. The van der Waals surface area contributed by atoms with E-state index in [2.05, 4.69) is 27.0 Å². The first-order valence-corrected chi connectivity index (χ1v) is 8.72. The van der Waals surface area contributed by atoms with Crippen LogP contribution in [-0.4, -0.2) is 20.8 Å². The van der Waals surface area contributed by atoms with Gasteiger partial charge in [-0.1, -0.05) is 19.1 Å². The Morgan fingerprint density at radius 2 is 2.12 bits per heavy atom. The van der Waals surface area contributed by atoms with Crippen molar-refractivity contribution in [3.8, 4) is 11.3 Å². The average Bonchev–Trinajstić information content (AvgIpc) is 3.26. The zero-order chi connectivity index (χ0) is 17.2. The molecule has 0 amide bonds. The minimum atomic E-state index is -0.268. The van der Waals surface area contributed by atoms with Crippen molar-refractivity contribution in [3.63, 3.8) is 0 Å². The summed E-state index contributed by atoms with van der Waals surface area (Å²) >= 11 is 0. The van der Waals surface area contributed by atoms with E-state index in [9.17, 15) is 4.39 Å². The van der Waals surface area contributed by atoms with Crippen LogP contribution in [0.3, 0.4) is 0 Å². The van der Waals surface area contributed by atoms with Crippen LogP contribution >= 0.6 is 0 Å². The first kappa shape index (κ1) is 16.0. The molecule has 6 heteroatoms. The fraction of sp³-hybridized carbons (Fsp3) is 0.368. The lowest BCUT2D eigenvalue weighted by molar-refractivity contribution is 0.358. The van der Waals surface area contributed by atoms with Gasteiger partial charge in [0.1, 0.15) is 29.0 Å². The summed E-state index contributed by atoms with van der Waals surface area (Å²) in [5.74, 6) is 3.23. The van der Waals surface area contributed by atoms with Crippen molar-refractivity contribution in [2.75, 3.05) is 0 Å².